The van der Waals surface area contributed by atoms with Crippen molar-refractivity contribution in [3.8, 4) is 0 Å². The lowest BCUT2D eigenvalue weighted by molar-refractivity contribution is -0.398. The van der Waals surface area contributed by atoms with Gasteiger partial charge < -0.3 is 33.5 Å². The molecule has 3 aromatic carbocycles. The van der Waals surface area contributed by atoms with E-state index in [1.165, 1.54) is 0 Å². The Kier molecular flexibility index (Phi) is 15.0. The van der Waals surface area contributed by atoms with Crippen molar-refractivity contribution in [2.75, 3.05) is 6.61 Å². The van der Waals surface area contributed by atoms with E-state index in [1.54, 1.807) is 20.8 Å². The molecule has 0 amide bonds. The number of hydrogen-bond acceptors (Lipinski definition) is 8. The predicted octanol–water partition coefficient (Wildman–Crippen LogP) is 8.29. The second-order valence-corrected chi connectivity index (χ2v) is 15.4. The summed E-state index contributed by atoms with van der Waals surface area (Å²) in [4.78, 5) is 35.2. The van der Waals surface area contributed by atoms with Gasteiger partial charge in [-0.25, -0.2) is 9.09 Å². The van der Waals surface area contributed by atoms with Crippen molar-refractivity contribution in [3.05, 3.63) is 108 Å². The summed E-state index contributed by atoms with van der Waals surface area (Å²) in [7, 11) is -5.28. The zero-order valence-electron chi connectivity index (χ0n) is 30.6. The molecule has 51 heavy (non-hydrogen) atoms. The minimum absolute atomic E-state index is 0.00152. The van der Waals surface area contributed by atoms with Gasteiger partial charge in [-0.3, -0.25) is 4.79 Å². The molecule has 2 N–H and O–H groups in total. The van der Waals surface area contributed by atoms with Crippen LogP contribution >= 0.6 is 7.82 Å². The molecule has 3 aromatic rings. The standard InChI is InChI=1S/C40H55O10P/c1-6-8-25-39(49-37(41)38(3,4)5)36(47-29-33-23-17-12-18-24-33)35(46-28-32-21-15-11-16-22-32)34(30-45-27-31-19-13-10-14-20-31)48-40(39,26-9-7-2)50-51(42,43)44/h10-24,34-36H,6-9,25-30H2,1-5H3,(H2,42,43,44)/t34-,35+,36+,39-,40-/m1/s1. The molecule has 0 radical (unpaired) electrons. The predicted molar refractivity (Wildman–Crippen MR) is 194 cm³/mol. The van der Waals surface area contributed by atoms with Crippen LogP contribution in [-0.2, 0) is 57.4 Å². The molecule has 0 aromatic heterocycles. The molecule has 0 unspecified atom stereocenters. The van der Waals surface area contributed by atoms with Gasteiger partial charge in [0.05, 0.1) is 31.8 Å². The Morgan fingerprint density at radius 3 is 1.75 bits per heavy atom. The first-order valence-corrected chi connectivity index (χ1v) is 19.5. The molecule has 1 fully saturated rings. The zero-order chi connectivity index (χ0) is 37.0. The van der Waals surface area contributed by atoms with Crippen LogP contribution in [0, 0.1) is 5.41 Å². The fourth-order valence-corrected chi connectivity index (χ4v) is 7.00. The van der Waals surface area contributed by atoms with Crippen LogP contribution in [0.5, 0.6) is 0 Å². The average Bonchev–Trinajstić information content (AvgIpc) is 3.10. The highest BCUT2D eigenvalue weighted by Crippen LogP contribution is 2.56. The lowest BCUT2D eigenvalue weighted by Crippen LogP contribution is -2.76. The van der Waals surface area contributed by atoms with Crippen LogP contribution < -0.4 is 0 Å². The Hall–Kier alpha value is -2.92. The number of rotatable bonds is 19. The molecule has 11 heteroatoms. The number of phosphoric acid groups is 1. The molecule has 0 bridgehead atoms. The zero-order valence-corrected chi connectivity index (χ0v) is 31.5. The van der Waals surface area contributed by atoms with Crippen molar-refractivity contribution < 1.29 is 47.4 Å². The van der Waals surface area contributed by atoms with E-state index in [-0.39, 0.29) is 39.3 Å². The Morgan fingerprint density at radius 1 is 0.765 bits per heavy atom. The summed E-state index contributed by atoms with van der Waals surface area (Å²) in [6.45, 7) is 9.61. The molecule has 280 valence electrons. The summed E-state index contributed by atoms with van der Waals surface area (Å²) in [6, 6.07) is 28.8. The van der Waals surface area contributed by atoms with Crippen molar-refractivity contribution >= 4 is 13.8 Å². The Bertz CT molecular complexity index is 1510. The van der Waals surface area contributed by atoms with Gasteiger partial charge in [0.1, 0.15) is 18.3 Å². The van der Waals surface area contributed by atoms with E-state index < -0.39 is 48.9 Å². The van der Waals surface area contributed by atoms with Gasteiger partial charge in [-0.2, -0.15) is 0 Å². The molecule has 0 aliphatic carbocycles. The first-order chi connectivity index (χ1) is 24.3. The van der Waals surface area contributed by atoms with Gasteiger partial charge in [0, 0.05) is 6.42 Å². The van der Waals surface area contributed by atoms with E-state index in [2.05, 4.69) is 0 Å². The van der Waals surface area contributed by atoms with Crippen molar-refractivity contribution in [3.63, 3.8) is 0 Å². The van der Waals surface area contributed by atoms with E-state index in [0.29, 0.717) is 25.7 Å². The molecule has 0 saturated carbocycles. The van der Waals surface area contributed by atoms with Crippen molar-refractivity contribution in [2.45, 2.75) is 123 Å². The number of phosphoric ester groups is 1. The Morgan fingerprint density at radius 2 is 1.25 bits per heavy atom. The molecular formula is C40H55O10P. The van der Waals surface area contributed by atoms with E-state index in [9.17, 15) is 19.1 Å². The van der Waals surface area contributed by atoms with Gasteiger partial charge in [0.15, 0.2) is 5.60 Å². The highest BCUT2D eigenvalue weighted by atomic mass is 31.2. The van der Waals surface area contributed by atoms with E-state index >= 15 is 0 Å². The first kappa shape index (κ1) is 40.8. The molecule has 1 aliphatic rings. The average molecular weight is 727 g/mol. The normalized spacial score (nSPS) is 23.9. The number of ether oxygens (including phenoxy) is 5. The second-order valence-electron chi connectivity index (χ2n) is 14.2. The topological polar surface area (TPSA) is 130 Å². The molecule has 1 heterocycles. The highest BCUT2D eigenvalue weighted by molar-refractivity contribution is 7.46. The van der Waals surface area contributed by atoms with Crippen molar-refractivity contribution in [1.82, 2.24) is 0 Å². The van der Waals surface area contributed by atoms with Crippen LogP contribution in [0.4, 0.5) is 0 Å². The van der Waals surface area contributed by atoms with Crippen LogP contribution in [0.25, 0.3) is 0 Å². The third kappa shape index (κ3) is 11.3. The minimum atomic E-state index is -5.28. The third-order valence-electron chi connectivity index (χ3n) is 8.98. The molecule has 0 spiro atoms. The van der Waals surface area contributed by atoms with Gasteiger partial charge in [-0.1, -0.05) is 118 Å². The fraction of sp³-hybridized carbons (Fsp3) is 0.525. The maximum absolute atomic E-state index is 14.1. The molecule has 10 nitrogen and oxygen atoms in total. The molecule has 1 saturated heterocycles. The largest absolute Gasteiger partial charge is 0.472 e. The third-order valence-corrected chi connectivity index (χ3v) is 9.51. The van der Waals surface area contributed by atoms with E-state index in [1.807, 2.05) is 105 Å². The van der Waals surface area contributed by atoms with E-state index in [0.717, 1.165) is 16.7 Å². The highest BCUT2D eigenvalue weighted by Gasteiger charge is 2.70. The number of benzene rings is 3. The SMILES string of the molecule is CCCC[C@]1(OP(=O)(O)O)O[C@H](COCc2ccccc2)[C@H](OCc2ccccc2)[C@H](OCc2ccccc2)[C@@]1(CCCC)OC(=O)C(C)(C)C. The summed E-state index contributed by atoms with van der Waals surface area (Å²) >= 11 is 0. The van der Waals surface area contributed by atoms with Crippen LogP contribution in [0.1, 0.15) is 89.8 Å². The van der Waals surface area contributed by atoms with Crippen molar-refractivity contribution in [2.24, 2.45) is 5.41 Å². The van der Waals surface area contributed by atoms with E-state index in [4.69, 9.17) is 28.2 Å². The monoisotopic (exact) mass is 726 g/mol. The summed E-state index contributed by atoms with van der Waals surface area (Å²) in [5, 5.41) is 0. The quantitative estimate of drug-likeness (QED) is 0.0920. The van der Waals surface area contributed by atoms with Gasteiger partial charge in [0.2, 0.25) is 5.79 Å². The Labute approximate surface area is 303 Å². The van der Waals surface area contributed by atoms with Gasteiger partial charge in [0.25, 0.3) is 0 Å². The number of carbonyl (C=O) groups is 1. The minimum Gasteiger partial charge on any atom is -0.450 e. The maximum atomic E-state index is 14.1. The molecule has 1 aliphatic heterocycles. The Balaban J connectivity index is 1.93. The van der Waals surface area contributed by atoms with Gasteiger partial charge in [-0.05, 0) is 56.7 Å². The number of hydrogen-bond donors (Lipinski definition) is 2. The smallest absolute Gasteiger partial charge is 0.450 e. The van der Waals surface area contributed by atoms with Crippen LogP contribution in [-0.4, -0.2) is 52.1 Å². The summed E-state index contributed by atoms with van der Waals surface area (Å²) in [5.41, 5.74) is -0.159. The summed E-state index contributed by atoms with van der Waals surface area (Å²) in [6.07, 6.45) is -0.593. The number of unbranched alkanes of at least 4 members (excludes halogenated alkanes) is 2. The van der Waals surface area contributed by atoms with Crippen LogP contribution in [0.3, 0.4) is 0 Å². The summed E-state index contributed by atoms with van der Waals surface area (Å²) in [5.74, 6) is -2.72. The second kappa shape index (κ2) is 18.7. The van der Waals surface area contributed by atoms with Crippen molar-refractivity contribution in [1.29, 1.82) is 0 Å². The molecule has 5 atom stereocenters. The van der Waals surface area contributed by atoms with Gasteiger partial charge >= 0.3 is 13.8 Å². The van der Waals surface area contributed by atoms with Crippen LogP contribution in [0.2, 0.25) is 0 Å². The lowest BCUT2D eigenvalue weighted by Gasteiger charge is -2.59. The van der Waals surface area contributed by atoms with Crippen LogP contribution in [0.15, 0.2) is 91.0 Å². The molecule has 4 rings (SSSR count). The maximum Gasteiger partial charge on any atom is 0.472 e. The fourth-order valence-electron chi connectivity index (χ4n) is 6.33. The lowest BCUT2D eigenvalue weighted by atomic mass is 9.73. The summed E-state index contributed by atoms with van der Waals surface area (Å²) < 4.78 is 52.3. The number of carbonyl (C=O) groups excluding carboxylic acids is 1. The molecular weight excluding hydrogens is 671 g/mol. The van der Waals surface area contributed by atoms with Gasteiger partial charge in [-0.15, -0.1) is 0 Å². The first-order valence-electron chi connectivity index (χ1n) is 17.9. The number of esters is 1.